The smallest absolute Gasteiger partial charge is 0.311 e. The lowest BCUT2D eigenvalue weighted by Crippen LogP contribution is -2.53. The number of piperazine rings is 1. The molecule has 1 heterocycles. The first kappa shape index (κ1) is 20.2. The third kappa shape index (κ3) is 5.19. The fourth-order valence-corrected chi connectivity index (χ4v) is 3.13. The molecule has 1 saturated heterocycles. The predicted molar refractivity (Wildman–Crippen MR) is 101 cm³/mol. The molecule has 1 aromatic carbocycles. The van der Waals surface area contributed by atoms with Crippen LogP contribution in [0.3, 0.4) is 0 Å². The minimum atomic E-state index is -0.575. The van der Waals surface area contributed by atoms with Gasteiger partial charge in [0.25, 0.3) is 0 Å². The monoisotopic (exact) mass is 362 g/mol. The number of ether oxygens (including phenoxy) is 1. The van der Waals surface area contributed by atoms with Crippen LogP contribution in [0.4, 0.5) is 0 Å². The quantitative estimate of drug-likeness (QED) is 0.727. The largest absolute Gasteiger partial charge is 0.494 e. The Labute approximate surface area is 155 Å². The third-order valence-electron chi connectivity index (χ3n) is 4.58. The zero-order valence-corrected chi connectivity index (χ0v) is 16.0. The van der Waals surface area contributed by atoms with Gasteiger partial charge in [0.15, 0.2) is 0 Å². The van der Waals surface area contributed by atoms with Crippen LogP contribution in [0, 0.1) is 6.92 Å². The Kier molecular flexibility index (Phi) is 7.41. The van der Waals surface area contributed by atoms with Gasteiger partial charge in [-0.1, -0.05) is 17.7 Å². The maximum Gasteiger partial charge on any atom is 0.311 e. The van der Waals surface area contributed by atoms with Gasteiger partial charge in [0, 0.05) is 44.8 Å². The van der Waals surface area contributed by atoms with E-state index in [1.165, 1.54) is 0 Å². The van der Waals surface area contributed by atoms with Gasteiger partial charge >= 0.3 is 11.8 Å². The van der Waals surface area contributed by atoms with Gasteiger partial charge in [-0.3, -0.25) is 14.5 Å². The Bertz CT molecular complexity index is 627. The number of rotatable bonds is 6. The maximum atomic E-state index is 12.4. The first-order valence-electron chi connectivity index (χ1n) is 9.21. The highest BCUT2D eigenvalue weighted by molar-refractivity contribution is 6.35. The molecule has 1 aromatic rings. The number of nitrogens with two attached hydrogens (primary N) is 1. The Hall–Kier alpha value is -2.12. The first-order valence-corrected chi connectivity index (χ1v) is 9.21. The van der Waals surface area contributed by atoms with Gasteiger partial charge in [-0.2, -0.15) is 0 Å². The van der Waals surface area contributed by atoms with Crippen LogP contribution in [0.15, 0.2) is 18.2 Å². The second-order valence-electron chi connectivity index (χ2n) is 6.59. The van der Waals surface area contributed by atoms with Gasteiger partial charge in [-0.05, 0) is 26.8 Å². The summed E-state index contributed by atoms with van der Waals surface area (Å²) in [6.07, 6.45) is 0. The number of nitrogens with zero attached hydrogens (tertiary/aromatic N) is 2. The number of amides is 2. The van der Waals surface area contributed by atoms with Crippen LogP contribution >= 0.6 is 0 Å². The van der Waals surface area contributed by atoms with Crippen molar-refractivity contribution in [1.82, 2.24) is 15.1 Å². The van der Waals surface area contributed by atoms with E-state index in [4.69, 9.17) is 10.5 Å². The highest BCUT2D eigenvalue weighted by atomic mass is 16.5. The Balaban J connectivity index is 1.97. The van der Waals surface area contributed by atoms with Crippen molar-refractivity contribution in [3.05, 3.63) is 29.3 Å². The molecule has 2 rings (SSSR count). The van der Waals surface area contributed by atoms with E-state index in [9.17, 15) is 9.59 Å². The zero-order valence-electron chi connectivity index (χ0n) is 16.0. The maximum absolute atomic E-state index is 12.4. The minimum Gasteiger partial charge on any atom is -0.494 e. The molecule has 7 nitrogen and oxygen atoms in total. The van der Waals surface area contributed by atoms with Gasteiger partial charge in [-0.15, -0.1) is 0 Å². The molecule has 1 fully saturated rings. The number of benzene rings is 1. The topological polar surface area (TPSA) is 87.9 Å². The molecular formula is C19H30N4O3. The molecule has 0 aromatic heterocycles. The van der Waals surface area contributed by atoms with Gasteiger partial charge in [0.05, 0.1) is 12.6 Å². The van der Waals surface area contributed by atoms with E-state index in [-0.39, 0.29) is 6.04 Å². The van der Waals surface area contributed by atoms with Gasteiger partial charge in [0.2, 0.25) is 0 Å². The van der Waals surface area contributed by atoms with E-state index >= 15 is 0 Å². The molecule has 26 heavy (non-hydrogen) atoms. The average molecular weight is 362 g/mol. The number of nitrogens with one attached hydrogen (secondary N) is 1. The SMILES string of the molecule is CCOc1ccc(C)cc1C(C)NC(=O)C(=O)N1CCN(CCN)CC1. The summed E-state index contributed by atoms with van der Waals surface area (Å²) in [6.45, 7) is 10.3. The van der Waals surface area contributed by atoms with Crippen molar-refractivity contribution in [2.75, 3.05) is 45.9 Å². The Morgan fingerprint density at radius 3 is 2.58 bits per heavy atom. The summed E-state index contributed by atoms with van der Waals surface area (Å²) in [5, 5.41) is 2.81. The summed E-state index contributed by atoms with van der Waals surface area (Å²) in [4.78, 5) is 28.7. The molecule has 0 spiro atoms. The van der Waals surface area contributed by atoms with E-state index in [2.05, 4.69) is 10.2 Å². The third-order valence-corrected chi connectivity index (χ3v) is 4.58. The second kappa shape index (κ2) is 9.54. The lowest BCUT2D eigenvalue weighted by Gasteiger charge is -2.34. The summed E-state index contributed by atoms with van der Waals surface area (Å²) in [5.74, 6) is -0.322. The van der Waals surface area contributed by atoms with E-state index < -0.39 is 11.8 Å². The number of aryl methyl sites for hydroxylation is 1. The molecule has 1 aliphatic heterocycles. The van der Waals surface area contributed by atoms with Crippen molar-refractivity contribution in [3.8, 4) is 5.75 Å². The van der Waals surface area contributed by atoms with E-state index in [0.29, 0.717) is 26.2 Å². The van der Waals surface area contributed by atoms with E-state index in [1.807, 2.05) is 39.0 Å². The molecule has 7 heteroatoms. The zero-order chi connectivity index (χ0) is 19.1. The molecule has 1 aliphatic rings. The number of hydrogen-bond donors (Lipinski definition) is 2. The van der Waals surface area contributed by atoms with Crippen molar-refractivity contribution in [3.63, 3.8) is 0 Å². The minimum absolute atomic E-state index is 0.313. The summed E-state index contributed by atoms with van der Waals surface area (Å²) in [6, 6.07) is 5.53. The molecule has 1 atom stereocenters. The molecule has 144 valence electrons. The van der Waals surface area contributed by atoms with Crippen LogP contribution in [0.25, 0.3) is 0 Å². The summed E-state index contributed by atoms with van der Waals surface area (Å²) >= 11 is 0. The van der Waals surface area contributed by atoms with Crippen molar-refractivity contribution < 1.29 is 14.3 Å². The lowest BCUT2D eigenvalue weighted by molar-refractivity contribution is -0.147. The number of carbonyl (C=O) groups is 2. The molecule has 0 radical (unpaired) electrons. The van der Waals surface area contributed by atoms with Gasteiger partial charge in [-0.25, -0.2) is 0 Å². The molecule has 0 bridgehead atoms. The van der Waals surface area contributed by atoms with Crippen molar-refractivity contribution in [2.24, 2.45) is 5.73 Å². The molecule has 3 N–H and O–H groups in total. The van der Waals surface area contributed by atoms with E-state index in [1.54, 1.807) is 4.90 Å². The highest BCUT2D eigenvalue weighted by Crippen LogP contribution is 2.26. The predicted octanol–water partition coefficient (Wildman–Crippen LogP) is 0.674. The fourth-order valence-electron chi connectivity index (χ4n) is 3.13. The second-order valence-corrected chi connectivity index (χ2v) is 6.59. The van der Waals surface area contributed by atoms with Crippen molar-refractivity contribution in [2.45, 2.75) is 26.8 Å². The van der Waals surface area contributed by atoms with Crippen LogP contribution in [0.2, 0.25) is 0 Å². The summed E-state index contributed by atoms with van der Waals surface area (Å²) in [5.41, 5.74) is 7.51. The summed E-state index contributed by atoms with van der Waals surface area (Å²) in [7, 11) is 0. The normalized spacial score (nSPS) is 16.2. The molecule has 0 saturated carbocycles. The molecule has 0 aliphatic carbocycles. The van der Waals surface area contributed by atoms with E-state index in [0.717, 1.165) is 36.5 Å². The molecule has 2 amide bonds. The van der Waals surface area contributed by atoms with Crippen LogP contribution in [-0.4, -0.2) is 67.5 Å². The fraction of sp³-hybridized carbons (Fsp3) is 0.579. The van der Waals surface area contributed by atoms with Crippen LogP contribution in [0.1, 0.15) is 31.0 Å². The average Bonchev–Trinajstić information content (AvgIpc) is 2.63. The van der Waals surface area contributed by atoms with Crippen LogP contribution in [0.5, 0.6) is 5.75 Å². The molecular weight excluding hydrogens is 332 g/mol. The van der Waals surface area contributed by atoms with Gasteiger partial charge in [0.1, 0.15) is 5.75 Å². The standard InChI is InChI=1S/C19H30N4O3/c1-4-26-17-6-5-14(2)13-16(17)15(3)21-18(24)19(25)23-11-9-22(8-7-20)10-12-23/h5-6,13,15H,4,7-12,20H2,1-3H3,(H,21,24). The Morgan fingerprint density at radius 1 is 1.27 bits per heavy atom. The van der Waals surface area contributed by atoms with Crippen molar-refractivity contribution in [1.29, 1.82) is 0 Å². The van der Waals surface area contributed by atoms with Crippen LogP contribution in [-0.2, 0) is 9.59 Å². The first-order chi connectivity index (χ1) is 12.5. The summed E-state index contributed by atoms with van der Waals surface area (Å²) < 4.78 is 5.64. The molecule has 1 unspecified atom stereocenters. The van der Waals surface area contributed by atoms with Crippen molar-refractivity contribution >= 4 is 11.8 Å². The van der Waals surface area contributed by atoms with Crippen LogP contribution < -0.4 is 15.8 Å². The lowest BCUT2D eigenvalue weighted by atomic mass is 10.0. The Morgan fingerprint density at radius 2 is 1.96 bits per heavy atom. The highest BCUT2D eigenvalue weighted by Gasteiger charge is 2.27. The number of carbonyl (C=O) groups excluding carboxylic acids is 2. The number of hydrogen-bond acceptors (Lipinski definition) is 5. The van der Waals surface area contributed by atoms with Gasteiger partial charge < -0.3 is 20.7 Å².